The van der Waals surface area contributed by atoms with Crippen LogP contribution in [0.5, 0.6) is 11.5 Å². The van der Waals surface area contributed by atoms with Gasteiger partial charge in [-0.15, -0.1) is 0 Å². The molecule has 1 spiro atoms. The van der Waals surface area contributed by atoms with Crippen LogP contribution < -0.4 is 14.8 Å². The molecule has 6 rings (SSSR count). The van der Waals surface area contributed by atoms with Crippen molar-refractivity contribution in [3.05, 3.63) is 94.6 Å². The van der Waals surface area contributed by atoms with Gasteiger partial charge >= 0.3 is 0 Å². The summed E-state index contributed by atoms with van der Waals surface area (Å²) in [7, 11) is 0. The molecule has 0 bridgehead atoms. The van der Waals surface area contributed by atoms with Crippen LogP contribution >= 0.6 is 0 Å². The first-order chi connectivity index (χ1) is 20.8. The number of benzene rings is 3. The lowest BCUT2D eigenvalue weighted by Crippen LogP contribution is -2.53. The smallest absolute Gasteiger partial charge is 0.251 e. The minimum absolute atomic E-state index is 0.102. The maximum Gasteiger partial charge on any atom is 0.251 e. The fourth-order valence-electron chi connectivity index (χ4n) is 7.20. The summed E-state index contributed by atoms with van der Waals surface area (Å²) in [4.78, 5) is 1.51. The largest absolute Gasteiger partial charge is 0.490 e. The highest BCUT2D eigenvalue weighted by Crippen LogP contribution is 2.43. The Morgan fingerprint density at radius 2 is 1.63 bits per heavy atom. The number of ether oxygens (including phenoxy) is 2. The average molecular weight is 597 g/mol. The van der Waals surface area contributed by atoms with Crippen molar-refractivity contribution in [1.82, 2.24) is 10.2 Å². The van der Waals surface area contributed by atoms with E-state index >= 15 is 8.78 Å². The molecular formula is C35H40F4N2O2. The van der Waals surface area contributed by atoms with Crippen LogP contribution in [0.15, 0.2) is 60.7 Å². The van der Waals surface area contributed by atoms with Crippen molar-refractivity contribution in [2.24, 2.45) is 5.41 Å². The van der Waals surface area contributed by atoms with Crippen molar-refractivity contribution < 1.29 is 27.0 Å². The van der Waals surface area contributed by atoms with E-state index in [4.69, 9.17) is 9.47 Å². The van der Waals surface area contributed by atoms with E-state index in [0.29, 0.717) is 29.8 Å². The Balaban J connectivity index is 1.24. The lowest BCUT2D eigenvalue weighted by Gasteiger charge is -2.44. The van der Waals surface area contributed by atoms with E-state index in [2.05, 4.69) is 5.32 Å². The van der Waals surface area contributed by atoms with Gasteiger partial charge in [0.2, 0.25) is 0 Å². The first-order valence-corrected chi connectivity index (χ1v) is 15.5. The molecule has 1 saturated heterocycles. The van der Waals surface area contributed by atoms with Crippen LogP contribution in [0.4, 0.5) is 17.6 Å². The van der Waals surface area contributed by atoms with Gasteiger partial charge in [0.05, 0.1) is 18.7 Å². The van der Waals surface area contributed by atoms with Gasteiger partial charge in [0.1, 0.15) is 29.7 Å². The van der Waals surface area contributed by atoms with E-state index in [1.807, 2.05) is 43.3 Å². The fourth-order valence-corrected chi connectivity index (χ4v) is 7.20. The van der Waals surface area contributed by atoms with Crippen molar-refractivity contribution in [2.75, 3.05) is 19.6 Å². The lowest BCUT2D eigenvalue weighted by molar-refractivity contribution is 0.0443. The average Bonchev–Trinajstić information content (AvgIpc) is 2.94. The normalized spacial score (nSPS) is 22.5. The summed E-state index contributed by atoms with van der Waals surface area (Å²) in [5.41, 5.74) is 2.64. The standard InChI is InChI=1S/C35H40F4N2O2/c1-23-15-25-16-27(42-20-24-7-3-2-4-8-24)11-12-29(25)34(41(23)19-32(38)39)33-30(36)17-28(18-31(33)37)43-26-9-5-13-35(14-6-10-26)21-40-22-35/h2-4,7-8,11-12,16-18,23,26,32,34,40H,5-6,9-10,13-15,19-22H2,1H3/t23-,34?/m1/s1. The molecule has 4 nitrogen and oxygen atoms in total. The summed E-state index contributed by atoms with van der Waals surface area (Å²) >= 11 is 0. The third-order valence-corrected chi connectivity index (χ3v) is 9.51. The van der Waals surface area contributed by atoms with Gasteiger partial charge in [-0.05, 0) is 86.1 Å². The molecule has 2 heterocycles. The summed E-state index contributed by atoms with van der Waals surface area (Å²) in [6, 6.07) is 16.2. The van der Waals surface area contributed by atoms with Crippen LogP contribution in [-0.4, -0.2) is 43.1 Å². The van der Waals surface area contributed by atoms with E-state index in [1.54, 1.807) is 12.1 Å². The second-order valence-corrected chi connectivity index (χ2v) is 12.6. The second kappa shape index (κ2) is 12.9. The van der Waals surface area contributed by atoms with E-state index in [1.165, 1.54) is 17.0 Å². The van der Waals surface area contributed by atoms with Crippen molar-refractivity contribution in [1.29, 1.82) is 0 Å². The number of rotatable bonds is 8. The summed E-state index contributed by atoms with van der Waals surface area (Å²) in [6.45, 7) is 3.75. The Bertz CT molecular complexity index is 1360. The molecule has 1 unspecified atom stereocenters. The zero-order chi connectivity index (χ0) is 30.0. The highest BCUT2D eigenvalue weighted by molar-refractivity contribution is 5.46. The number of halogens is 4. The van der Waals surface area contributed by atoms with Crippen LogP contribution in [0.2, 0.25) is 0 Å². The first-order valence-electron chi connectivity index (χ1n) is 15.5. The van der Waals surface area contributed by atoms with Gasteiger partial charge in [0.25, 0.3) is 6.43 Å². The molecule has 3 aromatic rings. The van der Waals surface area contributed by atoms with Crippen molar-refractivity contribution in [3.63, 3.8) is 0 Å². The van der Waals surface area contributed by atoms with Crippen LogP contribution in [-0.2, 0) is 13.0 Å². The minimum atomic E-state index is -2.65. The number of nitrogens with one attached hydrogen (secondary N) is 1. The van der Waals surface area contributed by atoms with Crippen LogP contribution in [0.1, 0.15) is 73.7 Å². The Labute approximate surface area is 251 Å². The Morgan fingerprint density at radius 1 is 0.930 bits per heavy atom. The SMILES string of the molecule is C[C@@H]1Cc2cc(OCc3ccccc3)ccc2C(c2c(F)cc(OC3CCCC4(CCC3)CNC4)cc2F)N1CC(F)F. The zero-order valence-electron chi connectivity index (χ0n) is 24.6. The second-order valence-electron chi connectivity index (χ2n) is 12.6. The third-order valence-electron chi connectivity index (χ3n) is 9.51. The van der Waals surface area contributed by atoms with Crippen LogP contribution in [0, 0.1) is 17.0 Å². The summed E-state index contributed by atoms with van der Waals surface area (Å²) in [5, 5.41) is 3.39. The van der Waals surface area contributed by atoms with Crippen LogP contribution in [0.3, 0.4) is 0 Å². The van der Waals surface area contributed by atoms with Gasteiger partial charge in [-0.2, -0.15) is 0 Å². The monoisotopic (exact) mass is 596 g/mol. The molecular weight excluding hydrogens is 556 g/mol. The Kier molecular flexibility index (Phi) is 8.96. The Morgan fingerprint density at radius 3 is 2.26 bits per heavy atom. The zero-order valence-corrected chi connectivity index (χ0v) is 24.6. The molecule has 2 atom stereocenters. The fraction of sp³-hybridized carbons (Fsp3) is 0.486. The van der Waals surface area contributed by atoms with Gasteiger partial charge in [-0.1, -0.05) is 36.4 Å². The van der Waals surface area contributed by atoms with Crippen molar-refractivity contribution in [2.45, 2.75) is 83.1 Å². The number of hydrogen-bond donors (Lipinski definition) is 1. The van der Waals surface area contributed by atoms with Crippen molar-refractivity contribution in [3.8, 4) is 11.5 Å². The molecule has 43 heavy (non-hydrogen) atoms. The van der Waals surface area contributed by atoms with Gasteiger partial charge < -0.3 is 14.8 Å². The maximum atomic E-state index is 15.9. The summed E-state index contributed by atoms with van der Waals surface area (Å²) in [6.07, 6.45) is 3.72. The van der Waals surface area contributed by atoms with Gasteiger partial charge in [-0.25, -0.2) is 17.6 Å². The molecule has 1 aliphatic carbocycles. The quantitative estimate of drug-likeness (QED) is 0.269. The number of alkyl halides is 2. The molecule has 2 aliphatic heterocycles. The third kappa shape index (κ3) is 6.70. The topological polar surface area (TPSA) is 33.7 Å². The predicted molar refractivity (Wildman–Crippen MR) is 159 cm³/mol. The molecule has 0 aromatic heterocycles. The Hall–Kier alpha value is -3.10. The first kappa shape index (κ1) is 29.9. The van der Waals surface area contributed by atoms with Crippen molar-refractivity contribution >= 4 is 0 Å². The van der Waals surface area contributed by atoms with Crippen LogP contribution in [0.25, 0.3) is 0 Å². The molecule has 0 amide bonds. The molecule has 2 fully saturated rings. The number of hydrogen-bond acceptors (Lipinski definition) is 4. The van der Waals surface area contributed by atoms with Gasteiger partial charge in [-0.3, -0.25) is 4.90 Å². The maximum absolute atomic E-state index is 15.9. The van der Waals surface area contributed by atoms with E-state index in [0.717, 1.165) is 62.7 Å². The molecule has 1 saturated carbocycles. The highest BCUT2D eigenvalue weighted by atomic mass is 19.3. The molecule has 0 radical (unpaired) electrons. The van der Waals surface area contributed by atoms with E-state index < -0.39 is 30.6 Å². The summed E-state index contributed by atoms with van der Waals surface area (Å²) in [5.74, 6) is -0.791. The van der Waals surface area contributed by atoms with E-state index in [-0.39, 0.29) is 23.5 Å². The summed E-state index contributed by atoms with van der Waals surface area (Å²) < 4.78 is 71.5. The lowest BCUT2D eigenvalue weighted by atomic mass is 9.71. The molecule has 3 aromatic carbocycles. The predicted octanol–water partition coefficient (Wildman–Crippen LogP) is 7.84. The molecule has 8 heteroatoms. The van der Waals surface area contributed by atoms with Gasteiger partial charge in [0.15, 0.2) is 0 Å². The highest BCUT2D eigenvalue weighted by Gasteiger charge is 2.39. The van der Waals surface area contributed by atoms with E-state index in [9.17, 15) is 8.78 Å². The number of fused-ring (bicyclic) bond motifs is 1. The molecule has 3 aliphatic rings. The number of nitrogens with zero attached hydrogens (tertiary/aromatic N) is 1. The molecule has 230 valence electrons. The van der Waals surface area contributed by atoms with Gasteiger partial charge in [0, 0.05) is 36.8 Å². The molecule has 1 N–H and O–H groups in total. The minimum Gasteiger partial charge on any atom is -0.490 e.